The molecule has 0 unspecified atom stereocenters. The Morgan fingerprint density at radius 2 is 1.72 bits per heavy atom. The van der Waals surface area contributed by atoms with Crippen molar-refractivity contribution in [1.29, 1.82) is 0 Å². The van der Waals surface area contributed by atoms with Crippen molar-refractivity contribution < 1.29 is 19.1 Å². The third kappa shape index (κ3) is 5.36. The van der Waals surface area contributed by atoms with E-state index in [0.29, 0.717) is 44.1 Å². The number of ether oxygens (including phenoxy) is 2. The number of carbonyl (C=O) groups is 2. The Morgan fingerprint density at radius 3 is 2.28 bits per heavy atom. The number of halogens is 1. The smallest absolute Gasteiger partial charge is 0.410 e. The van der Waals surface area contributed by atoms with Gasteiger partial charge in [0.2, 0.25) is 0 Å². The number of hydrogen-bond donors (Lipinski definition) is 0. The third-order valence-electron chi connectivity index (χ3n) is 3.70. The second-order valence-corrected chi connectivity index (χ2v) is 7.69. The van der Waals surface area contributed by atoms with E-state index in [2.05, 4.69) is 15.9 Å². The van der Waals surface area contributed by atoms with E-state index in [1.807, 2.05) is 33.8 Å². The molecule has 1 aliphatic rings. The van der Waals surface area contributed by atoms with Crippen molar-refractivity contribution in [3.63, 3.8) is 0 Å². The summed E-state index contributed by atoms with van der Waals surface area (Å²) in [7, 11) is 0. The maximum atomic E-state index is 12.7. The highest BCUT2D eigenvalue weighted by Crippen LogP contribution is 2.27. The standard InChI is InChI=1S/C18H25BrN2O4/c1-5-24-15-12-13(6-7-14(15)19)16(22)20-8-10-21(11-9-20)17(23)25-18(2,3)4/h6-7,12H,5,8-11H2,1-4H3. The molecule has 2 rings (SSSR count). The van der Waals surface area contributed by atoms with Crippen LogP contribution in [0, 0.1) is 0 Å². The lowest BCUT2D eigenvalue weighted by Crippen LogP contribution is -2.51. The summed E-state index contributed by atoms with van der Waals surface area (Å²) in [6.07, 6.45) is -0.332. The van der Waals surface area contributed by atoms with Crippen LogP contribution in [0.1, 0.15) is 38.1 Å². The Morgan fingerprint density at radius 1 is 1.12 bits per heavy atom. The number of rotatable bonds is 3. The van der Waals surface area contributed by atoms with Gasteiger partial charge in [0.15, 0.2) is 0 Å². The zero-order valence-corrected chi connectivity index (χ0v) is 16.8. The Hall–Kier alpha value is -1.76. The van der Waals surface area contributed by atoms with E-state index in [9.17, 15) is 9.59 Å². The molecule has 0 aliphatic carbocycles. The predicted octanol–water partition coefficient (Wildman–Crippen LogP) is 3.54. The molecule has 0 bridgehead atoms. The summed E-state index contributed by atoms with van der Waals surface area (Å²) in [5, 5.41) is 0. The minimum absolute atomic E-state index is 0.0581. The van der Waals surface area contributed by atoms with Crippen LogP contribution in [0.3, 0.4) is 0 Å². The Bertz CT molecular complexity index is 634. The number of carbonyl (C=O) groups excluding carboxylic acids is 2. The lowest BCUT2D eigenvalue weighted by Gasteiger charge is -2.35. The van der Waals surface area contributed by atoms with Gasteiger partial charge in [0.05, 0.1) is 11.1 Å². The number of benzene rings is 1. The second kappa shape index (κ2) is 8.08. The van der Waals surface area contributed by atoms with Crippen LogP contribution in [0.25, 0.3) is 0 Å². The average Bonchev–Trinajstić information content (AvgIpc) is 2.55. The molecule has 1 saturated heterocycles. The lowest BCUT2D eigenvalue weighted by atomic mass is 10.1. The molecule has 138 valence electrons. The third-order valence-corrected chi connectivity index (χ3v) is 4.35. The molecule has 0 spiro atoms. The van der Waals surface area contributed by atoms with E-state index in [1.165, 1.54) is 0 Å². The molecule has 0 N–H and O–H groups in total. The highest BCUT2D eigenvalue weighted by Gasteiger charge is 2.28. The van der Waals surface area contributed by atoms with Crippen LogP contribution in [0.15, 0.2) is 22.7 Å². The summed E-state index contributed by atoms with van der Waals surface area (Å²) in [6, 6.07) is 5.33. The van der Waals surface area contributed by atoms with Crippen molar-refractivity contribution in [2.45, 2.75) is 33.3 Å². The fraction of sp³-hybridized carbons (Fsp3) is 0.556. The SMILES string of the molecule is CCOc1cc(C(=O)N2CCN(C(=O)OC(C)(C)C)CC2)ccc1Br. The molecule has 1 fully saturated rings. The fourth-order valence-corrected chi connectivity index (χ4v) is 2.86. The van der Waals surface area contributed by atoms with Crippen LogP contribution >= 0.6 is 15.9 Å². The number of hydrogen-bond acceptors (Lipinski definition) is 4. The Kier molecular flexibility index (Phi) is 6.32. The molecule has 0 saturated carbocycles. The zero-order valence-electron chi connectivity index (χ0n) is 15.2. The van der Waals surface area contributed by atoms with Crippen molar-refractivity contribution in [2.75, 3.05) is 32.8 Å². The highest BCUT2D eigenvalue weighted by molar-refractivity contribution is 9.10. The van der Waals surface area contributed by atoms with E-state index in [-0.39, 0.29) is 12.0 Å². The van der Waals surface area contributed by atoms with Crippen LogP contribution in [-0.4, -0.2) is 60.2 Å². The van der Waals surface area contributed by atoms with Gasteiger partial charge in [-0.15, -0.1) is 0 Å². The van der Waals surface area contributed by atoms with E-state index in [4.69, 9.17) is 9.47 Å². The van der Waals surface area contributed by atoms with Gasteiger partial charge in [-0.2, -0.15) is 0 Å². The average molecular weight is 413 g/mol. The number of piperazine rings is 1. The van der Waals surface area contributed by atoms with Crippen molar-refractivity contribution in [1.82, 2.24) is 9.80 Å². The molecule has 2 amide bonds. The fourth-order valence-electron chi connectivity index (χ4n) is 2.50. The first-order valence-electron chi connectivity index (χ1n) is 8.41. The van der Waals surface area contributed by atoms with Crippen molar-refractivity contribution in [2.24, 2.45) is 0 Å². The topological polar surface area (TPSA) is 59.1 Å². The maximum absolute atomic E-state index is 12.7. The Balaban J connectivity index is 1.97. The normalized spacial score (nSPS) is 15.1. The number of nitrogens with zero attached hydrogens (tertiary/aromatic N) is 2. The van der Waals surface area contributed by atoms with Crippen LogP contribution in [0.4, 0.5) is 4.79 Å². The largest absolute Gasteiger partial charge is 0.493 e. The summed E-state index contributed by atoms with van der Waals surface area (Å²) >= 11 is 3.42. The van der Waals surface area contributed by atoms with Crippen molar-refractivity contribution >= 4 is 27.9 Å². The van der Waals surface area contributed by atoms with E-state index >= 15 is 0 Å². The summed E-state index contributed by atoms with van der Waals surface area (Å²) in [6.45, 7) is 9.86. The summed E-state index contributed by atoms with van der Waals surface area (Å²) in [4.78, 5) is 28.2. The molecule has 0 atom stereocenters. The molecule has 25 heavy (non-hydrogen) atoms. The molecule has 1 heterocycles. The number of amides is 2. The molecule has 1 aliphatic heterocycles. The molecule has 7 heteroatoms. The van der Waals surface area contributed by atoms with Gasteiger partial charge in [-0.3, -0.25) is 4.79 Å². The molecular weight excluding hydrogens is 388 g/mol. The van der Waals surface area contributed by atoms with Gasteiger partial charge in [-0.1, -0.05) is 0 Å². The van der Waals surface area contributed by atoms with E-state index in [0.717, 1.165) is 4.47 Å². The van der Waals surface area contributed by atoms with Gasteiger partial charge < -0.3 is 19.3 Å². The van der Waals surface area contributed by atoms with Crippen LogP contribution in [0.2, 0.25) is 0 Å². The first-order valence-corrected chi connectivity index (χ1v) is 9.20. The monoisotopic (exact) mass is 412 g/mol. The van der Waals surface area contributed by atoms with Gasteiger partial charge in [-0.05, 0) is 61.8 Å². The second-order valence-electron chi connectivity index (χ2n) is 6.84. The molecule has 0 aromatic heterocycles. The van der Waals surface area contributed by atoms with Crippen LogP contribution in [0.5, 0.6) is 5.75 Å². The van der Waals surface area contributed by atoms with Crippen LogP contribution in [-0.2, 0) is 4.74 Å². The summed E-state index contributed by atoms with van der Waals surface area (Å²) < 4.78 is 11.7. The zero-order chi connectivity index (χ0) is 18.6. The predicted molar refractivity (Wildman–Crippen MR) is 99.0 cm³/mol. The quantitative estimate of drug-likeness (QED) is 0.761. The van der Waals surface area contributed by atoms with Gasteiger partial charge in [-0.25, -0.2) is 4.79 Å². The van der Waals surface area contributed by atoms with E-state index < -0.39 is 5.60 Å². The summed E-state index contributed by atoms with van der Waals surface area (Å²) in [5.41, 5.74) is 0.0642. The Labute approximate surface area is 157 Å². The maximum Gasteiger partial charge on any atom is 0.410 e. The lowest BCUT2D eigenvalue weighted by molar-refractivity contribution is 0.0141. The van der Waals surface area contributed by atoms with Gasteiger partial charge in [0.25, 0.3) is 5.91 Å². The van der Waals surface area contributed by atoms with Crippen LogP contribution < -0.4 is 4.74 Å². The molecule has 1 aromatic carbocycles. The van der Waals surface area contributed by atoms with E-state index in [1.54, 1.807) is 21.9 Å². The minimum Gasteiger partial charge on any atom is -0.493 e. The highest BCUT2D eigenvalue weighted by atomic mass is 79.9. The molecule has 6 nitrogen and oxygen atoms in total. The molecule has 1 aromatic rings. The van der Waals surface area contributed by atoms with Gasteiger partial charge >= 0.3 is 6.09 Å². The van der Waals surface area contributed by atoms with Crippen molar-refractivity contribution in [3.05, 3.63) is 28.2 Å². The minimum atomic E-state index is -0.517. The summed E-state index contributed by atoms with van der Waals surface area (Å²) in [5.74, 6) is 0.595. The van der Waals surface area contributed by atoms with Gasteiger partial charge in [0, 0.05) is 31.7 Å². The first-order chi connectivity index (χ1) is 11.7. The van der Waals surface area contributed by atoms with Gasteiger partial charge in [0.1, 0.15) is 11.4 Å². The van der Waals surface area contributed by atoms with Crippen molar-refractivity contribution in [3.8, 4) is 5.75 Å². The first kappa shape index (κ1) is 19.6. The molecule has 0 radical (unpaired) electrons. The molecular formula is C18H25BrN2O4.